The third-order valence-electron chi connectivity index (χ3n) is 3.99. The summed E-state index contributed by atoms with van der Waals surface area (Å²) in [7, 11) is 0. The van der Waals surface area contributed by atoms with E-state index in [0.717, 1.165) is 34.3 Å². The van der Waals surface area contributed by atoms with E-state index in [4.69, 9.17) is 11.6 Å². The zero-order valence-corrected chi connectivity index (χ0v) is 14.8. The van der Waals surface area contributed by atoms with Crippen molar-refractivity contribution in [1.29, 1.82) is 0 Å². The predicted molar refractivity (Wildman–Crippen MR) is 97.0 cm³/mol. The quantitative estimate of drug-likeness (QED) is 0.793. The Morgan fingerprint density at radius 2 is 1.78 bits per heavy atom. The van der Waals surface area contributed by atoms with Gasteiger partial charge in [-0.2, -0.15) is 0 Å². The Labute approximate surface area is 146 Å². The molecule has 0 unspecified atom stereocenters. The van der Waals surface area contributed by atoms with Gasteiger partial charge in [0.25, 0.3) is 0 Å². The lowest BCUT2D eigenvalue weighted by atomic mass is 10.2. The average Bonchev–Trinajstić information content (AvgIpc) is 2.57. The lowest BCUT2D eigenvalue weighted by molar-refractivity contribution is -0.119. The molecule has 0 saturated carbocycles. The molecule has 0 spiro atoms. The summed E-state index contributed by atoms with van der Waals surface area (Å²) < 4.78 is 0. The number of halogens is 1. The number of anilines is 2. The Kier molecular flexibility index (Phi) is 4.95. The highest BCUT2D eigenvalue weighted by atomic mass is 35.5. The van der Waals surface area contributed by atoms with E-state index in [0.29, 0.717) is 11.6 Å². The lowest BCUT2D eigenvalue weighted by Gasteiger charge is -2.32. The minimum Gasteiger partial charge on any atom is -0.295 e. The molecule has 0 saturated heterocycles. The maximum Gasteiger partial charge on any atom is 0.245 e. The third kappa shape index (κ3) is 3.25. The number of para-hydroxylation sites is 1. The number of hydrogen-bond acceptors (Lipinski definition) is 3. The number of hydrogen-bond donors (Lipinski definition) is 0. The van der Waals surface area contributed by atoms with Crippen molar-refractivity contribution in [3.8, 4) is 0 Å². The Hall–Kier alpha value is -1.49. The fourth-order valence-electron chi connectivity index (χ4n) is 2.71. The monoisotopic (exact) mass is 346 g/mol. The van der Waals surface area contributed by atoms with Gasteiger partial charge in [0, 0.05) is 14.8 Å². The summed E-state index contributed by atoms with van der Waals surface area (Å²) in [5.74, 6) is 0.0880. The molecule has 1 aliphatic heterocycles. The van der Waals surface area contributed by atoms with Gasteiger partial charge < -0.3 is 0 Å². The third-order valence-corrected chi connectivity index (χ3v) is 5.34. The fourth-order valence-corrected chi connectivity index (χ4v) is 4.04. The van der Waals surface area contributed by atoms with E-state index in [1.807, 2.05) is 47.4 Å². The van der Waals surface area contributed by atoms with Gasteiger partial charge in [-0.25, -0.2) is 0 Å². The molecule has 0 N–H and O–H groups in total. The van der Waals surface area contributed by atoms with Crippen LogP contribution in [0.4, 0.5) is 11.4 Å². The van der Waals surface area contributed by atoms with Crippen LogP contribution in [-0.4, -0.2) is 30.4 Å². The predicted octanol–water partition coefficient (Wildman–Crippen LogP) is 4.81. The molecular weight excluding hydrogens is 328 g/mol. The second-order valence-corrected chi connectivity index (χ2v) is 6.89. The Morgan fingerprint density at radius 3 is 2.52 bits per heavy atom. The van der Waals surface area contributed by atoms with Crippen LogP contribution >= 0.6 is 23.4 Å². The van der Waals surface area contributed by atoms with Crippen LogP contribution < -0.4 is 4.90 Å². The van der Waals surface area contributed by atoms with E-state index in [-0.39, 0.29) is 5.91 Å². The van der Waals surface area contributed by atoms with Gasteiger partial charge in [-0.15, -0.1) is 0 Å². The Balaban J connectivity index is 2.03. The molecule has 0 fully saturated rings. The van der Waals surface area contributed by atoms with Crippen LogP contribution in [0.1, 0.15) is 13.8 Å². The molecule has 1 aliphatic rings. The molecule has 2 aromatic rings. The first-order chi connectivity index (χ1) is 11.1. The van der Waals surface area contributed by atoms with Crippen molar-refractivity contribution in [1.82, 2.24) is 4.90 Å². The molecular formula is C18H19ClN2OS. The first-order valence-corrected chi connectivity index (χ1v) is 8.95. The highest BCUT2D eigenvalue weighted by Gasteiger charge is 2.28. The Morgan fingerprint density at radius 1 is 1.09 bits per heavy atom. The Bertz CT molecular complexity index is 731. The zero-order chi connectivity index (χ0) is 16.4. The topological polar surface area (TPSA) is 23.6 Å². The number of carbonyl (C=O) groups is 1. The number of rotatable bonds is 4. The molecule has 1 amide bonds. The molecule has 3 nitrogen and oxygen atoms in total. The highest BCUT2D eigenvalue weighted by molar-refractivity contribution is 7.99. The number of amides is 1. The summed E-state index contributed by atoms with van der Waals surface area (Å²) in [5, 5.41) is 0.687. The van der Waals surface area contributed by atoms with Crippen LogP contribution in [0.2, 0.25) is 5.02 Å². The summed E-state index contributed by atoms with van der Waals surface area (Å²) in [5.41, 5.74) is 1.86. The molecule has 0 aliphatic carbocycles. The van der Waals surface area contributed by atoms with Crippen molar-refractivity contribution < 1.29 is 4.79 Å². The van der Waals surface area contributed by atoms with Crippen LogP contribution in [-0.2, 0) is 4.79 Å². The van der Waals surface area contributed by atoms with Gasteiger partial charge in [0.2, 0.25) is 5.91 Å². The molecule has 0 bridgehead atoms. The smallest absolute Gasteiger partial charge is 0.245 e. The highest BCUT2D eigenvalue weighted by Crippen LogP contribution is 2.48. The standard InChI is InChI=1S/C18H19ClN2OS/c1-3-20(4-2)12-18(22)21-14-7-5-6-8-16(14)23-17-11-13(19)9-10-15(17)21/h5-11H,3-4,12H2,1-2H3. The largest absolute Gasteiger partial charge is 0.295 e. The van der Waals surface area contributed by atoms with Gasteiger partial charge in [-0.3, -0.25) is 14.6 Å². The van der Waals surface area contributed by atoms with Crippen LogP contribution in [0.15, 0.2) is 52.3 Å². The van der Waals surface area contributed by atoms with Gasteiger partial charge in [0.1, 0.15) is 0 Å². The van der Waals surface area contributed by atoms with Gasteiger partial charge >= 0.3 is 0 Å². The van der Waals surface area contributed by atoms with E-state index >= 15 is 0 Å². The summed E-state index contributed by atoms with van der Waals surface area (Å²) >= 11 is 7.79. The molecule has 0 atom stereocenters. The fraction of sp³-hybridized carbons (Fsp3) is 0.278. The van der Waals surface area contributed by atoms with Crippen LogP contribution in [0.3, 0.4) is 0 Å². The number of nitrogens with zero attached hydrogens (tertiary/aromatic N) is 2. The van der Waals surface area contributed by atoms with Crippen molar-refractivity contribution in [3.63, 3.8) is 0 Å². The summed E-state index contributed by atoms with van der Waals surface area (Å²) in [6.07, 6.45) is 0. The van der Waals surface area contributed by atoms with Crippen LogP contribution in [0.25, 0.3) is 0 Å². The summed E-state index contributed by atoms with van der Waals surface area (Å²) in [6.45, 7) is 6.28. The average molecular weight is 347 g/mol. The van der Waals surface area contributed by atoms with Crippen LogP contribution in [0.5, 0.6) is 0 Å². The van der Waals surface area contributed by atoms with Crippen molar-refractivity contribution in [2.24, 2.45) is 0 Å². The van der Waals surface area contributed by atoms with Crippen molar-refractivity contribution >= 4 is 40.6 Å². The first-order valence-electron chi connectivity index (χ1n) is 7.75. The normalized spacial score (nSPS) is 13.0. The number of fused-ring (bicyclic) bond motifs is 2. The van der Waals surface area contributed by atoms with Gasteiger partial charge in [-0.1, -0.05) is 49.3 Å². The van der Waals surface area contributed by atoms with E-state index in [9.17, 15) is 4.79 Å². The number of carbonyl (C=O) groups excluding carboxylic acids is 1. The molecule has 120 valence electrons. The lowest BCUT2D eigenvalue weighted by Crippen LogP contribution is -2.39. The van der Waals surface area contributed by atoms with Crippen LogP contribution in [0, 0.1) is 0 Å². The van der Waals surface area contributed by atoms with E-state index in [1.165, 1.54) is 0 Å². The summed E-state index contributed by atoms with van der Waals surface area (Å²) in [6, 6.07) is 13.7. The second-order valence-electron chi connectivity index (χ2n) is 5.37. The van der Waals surface area contributed by atoms with Crippen molar-refractivity contribution in [2.75, 3.05) is 24.5 Å². The molecule has 0 radical (unpaired) electrons. The molecule has 0 aromatic heterocycles. The second kappa shape index (κ2) is 6.95. The first kappa shape index (κ1) is 16.4. The van der Waals surface area contributed by atoms with Crippen molar-refractivity contribution in [2.45, 2.75) is 23.6 Å². The van der Waals surface area contributed by atoms with Gasteiger partial charge in [-0.05, 0) is 43.4 Å². The molecule has 2 aromatic carbocycles. The van der Waals surface area contributed by atoms with Crippen molar-refractivity contribution in [3.05, 3.63) is 47.5 Å². The molecule has 5 heteroatoms. The summed E-state index contributed by atoms with van der Waals surface area (Å²) in [4.78, 5) is 19.0. The van der Waals surface area contributed by atoms with Gasteiger partial charge in [0.15, 0.2) is 0 Å². The number of likely N-dealkylation sites (N-methyl/N-ethyl adjacent to an activating group) is 1. The maximum atomic E-state index is 13.0. The maximum absolute atomic E-state index is 13.0. The molecule has 1 heterocycles. The minimum atomic E-state index is 0.0880. The van der Waals surface area contributed by atoms with E-state index < -0.39 is 0 Å². The van der Waals surface area contributed by atoms with Gasteiger partial charge in [0.05, 0.1) is 17.9 Å². The van der Waals surface area contributed by atoms with E-state index in [1.54, 1.807) is 11.8 Å². The molecule has 23 heavy (non-hydrogen) atoms. The number of benzene rings is 2. The van der Waals surface area contributed by atoms with E-state index in [2.05, 4.69) is 18.7 Å². The SMILES string of the molecule is CCN(CC)CC(=O)N1c2ccccc2Sc2cc(Cl)ccc21. The molecule has 3 rings (SSSR count). The minimum absolute atomic E-state index is 0.0880. The zero-order valence-electron chi connectivity index (χ0n) is 13.3.